The minimum Gasteiger partial charge on any atom is -0.477 e. The average molecular weight is 837 g/mol. The summed E-state index contributed by atoms with van der Waals surface area (Å²) in [6.07, 6.45) is 46.8. The third-order valence-electron chi connectivity index (χ3n) is 11.7. The maximum Gasteiger partial charge on any atom is 0.362 e. The van der Waals surface area contributed by atoms with Gasteiger partial charge in [0.2, 0.25) is 0 Å². The number of carbonyl (C=O) groups excluding carboxylic acids is 2. The van der Waals surface area contributed by atoms with Crippen LogP contribution in [0.5, 0.6) is 0 Å². The van der Waals surface area contributed by atoms with Crippen molar-refractivity contribution in [3.8, 4) is 0 Å². The molecule has 0 heterocycles. The van der Waals surface area contributed by atoms with E-state index in [0.717, 1.165) is 44.9 Å². The molecule has 0 spiro atoms. The number of unbranched alkanes of at least 4 members (excludes halogenated alkanes) is 30. The van der Waals surface area contributed by atoms with Crippen LogP contribution in [0.3, 0.4) is 0 Å². The fourth-order valence-corrected chi connectivity index (χ4v) is 7.74. The number of carboxylic acids is 1. The molecule has 0 radical (unpaired) electrons. The van der Waals surface area contributed by atoms with E-state index in [1.54, 1.807) is 0 Å². The second-order valence-electron chi connectivity index (χ2n) is 18.4. The lowest BCUT2D eigenvalue weighted by Gasteiger charge is -2.31. The van der Waals surface area contributed by atoms with Gasteiger partial charge >= 0.3 is 17.9 Å². The maximum atomic E-state index is 12.8. The number of ether oxygens (including phenoxy) is 3. The fourth-order valence-electron chi connectivity index (χ4n) is 7.74. The number of aliphatic carboxylic acids is 1. The van der Waals surface area contributed by atoms with Crippen LogP contribution in [-0.4, -0.2) is 80.6 Å². The summed E-state index contributed by atoms with van der Waals surface area (Å²) < 4.78 is 17.3. The minimum absolute atomic E-state index is 0.0490. The Morgan fingerprint density at radius 1 is 0.492 bits per heavy atom. The van der Waals surface area contributed by atoms with E-state index in [-0.39, 0.29) is 36.2 Å². The van der Waals surface area contributed by atoms with Crippen molar-refractivity contribution in [2.75, 3.05) is 41.0 Å². The summed E-state index contributed by atoms with van der Waals surface area (Å²) in [5.41, 5.74) is 0. The second-order valence-corrected chi connectivity index (χ2v) is 18.4. The Bertz CT molecular complexity index is 978. The van der Waals surface area contributed by atoms with Crippen LogP contribution in [0.2, 0.25) is 0 Å². The van der Waals surface area contributed by atoms with Crippen molar-refractivity contribution in [3.63, 3.8) is 0 Å². The molecule has 0 aliphatic rings. The molecule has 0 aliphatic heterocycles. The van der Waals surface area contributed by atoms with Crippen LogP contribution in [0.1, 0.15) is 245 Å². The van der Waals surface area contributed by atoms with Gasteiger partial charge in [-0.1, -0.05) is 199 Å². The second kappa shape index (κ2) is 42.7. The summed E-state index contributed by atoms with van der Waals surface area (Å²) in [6, 6.07) is -0.612. The number of carbonyl (C=O) groups is 3. The highest BCUT2D eigenvalue weighted by molar-refractivity contribution is 5.72. The van der Waals surface area contributed by atoms with Gasteiger partial charge in [-0.3, -0.25) is 9.59 Å². The molecule has 8 nitrogen and oxygen atoms in total. The Balaban J connectivity index is 4.23. The van der Waals surface area contributed by atoms with Crippen molar-refractivity contribution < 1.29 is 38.2 Å². The number of rotatable bonds is 46. The Hall–Kier alpha value is -1.93. The zero-order valence-electron chi connectivity index (χ0n) is 39.7. The third-order valence-corrected chi connectivity index (χ3v) is 11.7. The molecule has 0 amide bonds. The van der Waals surface area contributed by atoms with Crippen LogP contribution < -0.4 is 0 Å². The fraction of sp³-hybridized carbons (Fsp3) is 0.902. The molecule has 0 fully saturated rings. The first-order chi connectivity index (χ1) is 28.6. The lowest BCUT2D eigenvalue weighted by Crippen LogP contribution is -2.50. The van der Waals surface area contributed by atoms with Gasteiger partial charge in [0.15, 0.2) is 12.1 Å². The molecular formula is C51H98NO7+. The number of hydrogen-bond donors (Lipinski definition) is 1. The molecule has 348 valence electrons. The van der Waals surface area contributed by atoms with Crippen molar-refractivity contribution in [2.45, 2.75) is 257 Å². The molecule has 0 aromatic carbocycles. The summed E-state index contributed by atoms with van der Waals surface area (Å²) in [6.45, 7) is 4.77. The van der Waals surface area contributed by atoms with Crippen molar-refractivity contribution in [1.82, 2.24) is 0 Å². The predicted octanol–water partition coefficient (Wildman–Crippen LogP) is 14.3. The number of allylic oxidation sites excluding steroid dienone is 2. The molecule has 0 aromatic rings. The Morgan fingerprint density at radius 3 is 1.22 bits per heavy atom. The van der Waals surface area contributed by atoms with E-state index in [4.69, 9.17) is 14.2 Å². The molecule has 2 atom stereocenters. The van der Waals surface area contributed by atoms with Crippen LogP contribution in [0.4, 0.5) is 0 Å². The SMILES string of the molecule is CCCCCCCCC/C=C/CCCCCCCC(=O)OCC(COCCC(C(=O)O)[N+](C)(C)C)OC(=O)CCCCCCCCCCCCCCCCCCCCC. The summed E-state index contributed by atoms with van der Waals surface area (Å²) >= 11 is 0. The molecule has 0 bridgehead atoms. The van der Waals surface area contributed by atoms with Crippen molar-refractivity contribution in [3.05, 3.63) is 12.2 Å². The summed E-state index contributed by atoms with van der Waals surface area (Å²) in [5.74, 6) is -1.46. The zero-order chi connectivity index (χ0) is 43.5. The first-order valence-corrected chi connectivity index (χ1v) is 25.2. The topological polar surface area (TPSA) is 99.1 Å². The summed E-state index contributed by atoms with van der Waals surface area (Å²) in [7, 11) is 5.54. The minimum atomic E-state index is -0.872. The number of esters is 2. The Kier molecular flexibility index (Phi) is 41.3. The molecular weight excluding hydrogens is 739 g/mol. The third kappa shape index (κ3) is 41.2. The smallest absolute Gasteiger partial charge is 0.362 e. The number of nitrogens with zero attached hydrogens (tertiary/aromatic N) is 1. The first kappa shape index (κ1) is 57.1. The standard InChI is InChI=1S/C51H97NO7/c1-6-8-10-12-14-16-18-20-22-24-25-26-28-30-32-34-36-38-40-42-50(54)59-47(45-57-44-43-48(51(55)56)52(3,4)5)46-58-49(53)41-39-37-35-33-31-29-27-23-21-19-17-15-13-11-9-7-2/h23,27,47-48H,6-22,24-26,28-46H2,1-5H3/p+1/b27-23+. The van der Waals surface area contributed by atoms with Crippen LogP contribution >= 0.6 is 0 Å². The van der Waals surface area contributed by atoms with Crippen molar-refractivity contribution in [1.29, 1.82) is 0 Å². The molecule has 59 heavy (non-hydrogen) atoms. The molecule has 0 aliphatic carbocycles. The molecule has 0 rings (SSSR count). The van der Waals surface area contributed by atoms with Gasteiger partial charge in [0, 0.05) is 19.3 Å². The van der Waals surface area contributed by atoms with E-state index in [2.05, 4.69) is 26.0 Å². The van der Waals surface area contributed by atoms with Crippen molar-refractivity contribution >= 4 is 17.9 Å². The van der Waals surface area contributed by atoms with Crippen LogP contribution in [-0.2, 0) is 28.6 Å². The van der Waals surface area contributed by atoms with Gasteiger partial charge in [-0.2, -0.15) is 0 Å². The number of hydrogen-bond acceptors (Lipinski definition) is 6. The molecule has 2 unspecified atom stereocenters. The highest BCUT2D eigenvalue weighted by Gasteiger charge is 2.31. The van der Waals surface area contributed by atoms with Crippen LogP contribution in [0.25, 0.3) is 0 Å². The first-order valence-electron chi connectivity index (χ1n) is 25.2. The number of likely N-dealkylation sites (N-methyl/N-ethyl adjacent to an activating group) is 1. The van der Waals surface area contributed by atoms with Crippen LogP contribution in [0.15, 0.2) is 12.2 Å². The zero-order valence-corrected chi connectivity index (χ0v) is 39.7. The monoisotopic (exact) mass is 837 g/mol. The van der Waals surface area contributed by atoms with E-state index in [1.165, 1.54) is 167 Å². The maximum absolute atomic E-state index is 12.8. The largest absolute Gasteiger partial charge is 0.477 e. The summed E-state index contributed by atoms with van der Waals surface area (Å²) in [5, 5.41) is 9.64. The lowest BCUT2D eigenvalue weighted by molar-refractivity contribution is -0.887. The van der Waals surface area contributed by atoms with Gasteiger partial charge in [0.1, 0.15) is 6.61 Å². The summed E-state index contributed by atoms with van der Waals surface area (Å²) in [4.78, 5) is 37.1. The van der Waals surface area contributed by atoms with Gasteiger partial charge in [0.25, 0.3) is 0 Å². The highest BCUT2D eigenvalue weighted by Crippen LogP contribution is 2.16. The highest BCUT2D eigenvalue weighted by atomic mass is 16.6. The van der Waals surface area contributed by atoms with E-state index >= 15 is 0 Å². The molecule has 0 saturated heterocycles. The number of quaternary nitrogens is 1. The Labute approximate surface area is 365 Å². The molecule has 1 N–H and O–H groups in total. The van der Waals surface area contributed by atoms with E-state index in [9.17, 15) is 19.5 Å². The normalized spacial score (nSPS) is 12.9. The molecule has 0 saturated carbocycles. The van der Waals surface area contributed by atoms with Gasteiger partial charge in [-0.05, 0) is 38.5 Å². The van der Waals surface area contributed by atoms with Crippen LogP contribution in [0, 0.1) is 0 Å². The van der Waals surface area contributed by atoms with E-state index < -0.39 is 18.1 Å². The Morgan fingerprint density at radius 2 is 0.847 bits per heavy atom. The van der Waals surface area contributed by atoms with Crippen molar-refractivity contribution in [2.24, 2.45) is 0 Å². The van der Waals surface area contributed by atoms with Gasteiger partial charge in [-0.25, -0.2) is 4.79 Å². The number of carboxylic acid groups (broad SMARTS) is 1. The van der Waals surface area contributed by atoms with E-state index in [0.29, 0.717) is 19.3 Å². The van der Waals surface area contributed by atoms with Gasteiger partial charge in [-0.15, -0.1) is 0 Å². The molecule has 0 aromatic heterocycles. The quantitative estimate of drug-likeness (QED) is 0.0282. The molecule has 8 heteroatoms. The van der Waals surface area contributed by atoms with E-state index in [1.807, 2.05) is 21.1 Å². The van der Waals surface area contributed by atoms with Gasteiger partial charge in [0.05, 0.1) is 34.4 Å². The lowest BCUT2D eigenvalue weighted by atomic mass is 10.0. The van der Waals surface area contributed by atoms with Gasteiger partial charge < -0.3 is 23.8 Å². The predicted molar refractivity (Wildman–Crippen MR) is 248 cm³/mol. The average Bonchev–Trinajstić information content (AvgIpc) is 3.19.